The summed E-state index contributed by atoms with van der Waals surface area (Å²) in [6.07, 6.45) is 6.60. The molecule has 2 saturated heterocycles. The summed E-state index contributed by atoms with van der Waals surface area (Å²) in [5, 5.41) is 2.86. The van der Waals surface area contributed by atoms with Crippen LogP contribution in [0.4, 0.5) is 0 Å². The van der Waals surface area contributed by atoms with Crippen LogP contribution in [-0.2, 0) is 38.2 Å². The molecule has 2 aliphatic rings. The smallest absolute Gasteiger partial charge is 0.329 e. The molecule has 0 aromatic rings. The molecule has 2 aliphatic heterocycles. The number of rotatable bonds is 9. The van der Waals surface area contributed by atoms with E-state index < -0.39 is 83.8 Å². The zero-order valence-electron chi connectivity index (χ0n) is 32.2. The number of hydrogen-bond donors (Lipinski definition) is 1. The average molecular weight is 703 g/mol. The monoisotopic (exact) mass is 702 g/mol. The zero-order chi connectivity index (χ0) is 38.0. The Morgan fingerprint density at radius 2 is 1.40 bits per heavy atom. The van der Waals surface area contributed by atoms with Gasteiger partial charge in [0.2, 0.25) is 17.7 Å². The van der Waals surface area contributed by atoms with Crippen LogP contribution in [0.25, 0.3) is 0 Å². The number of unbranched alkanes of at least 4 members (excludes halogenated alkanes) is 1. The molecule has 0 radical (unpaired) electrons. The number of ether oxygens (including phenoxy) is 2. The third-order valence-corrected chi connectivity index (χ3v) is 10.6. The summed E-state index contributed by atoms with van der Waals surface area (Å²) in [4.78, 5) is 88.5. The molecule has 0 aromatic carbocycles. The van der Waals surface area contributed by atoms with E-state index in [4.69, 9.17) is 15.9 Å². The van der Waals surface area contributed by atoms with Crippen LogP contribution in [0.3, 0.4) is 0 Å². The highest BCUT2D eigenvalue weighted by Gasteiger charge is 2.46. The van der Waals surface area contributed by atoms with Gasteiger partial charge in [0.25, 0.3) is 5.91 Å². The van der Waals surface area contributed by atoms with Crippen LogP contribution in [0.2, 0.25) is 0 Å². The minimum atomic E-state index is -1.20. The number of nitrogens with zero attached hydrogens (tertiary/aromatic N) is 3. The molecule has 50 heavy (non-hydrogen) atoms. The fourth-order valence-electron chi connectivity index (χ4n) is 6.87. The van der Waals surface area contributed by atoms with E-state index in [1.54, 1.807) is 41.7 Å². The predicted octanol–water partition coefficient (Wildman–Crippen LogP) is 3.80. The Bertz CT molecular complexity index is 1260. The molecule has 0 spiro atoms. The van der Waals surface area contributed by atoms with Gasteiger partial charge in [-0.25, -0.2) is 9.59 Å². The minimum absolute atomic E-state index is 0.288. The SMILES string of the molecule is C#CCCC[C@H]1OC(=O)[C@H]([C@@H](C)CC)N(C)C(=O)[C@@H]2CCCN2C(=O)[C@H]([C@@H](C)CC)OC(=O)[C@H](C(C)C)N(C)C(=O)[C@H](C(C)C)NC(=O)[C@H]1C. The Labute approximate surface area is 299 Å². The number of fused-ring (bicyclic) bond motifs is 1. The first-order valence-electron chi connectivity index (χ1n) is 18.4. The van der Waals surface area contributed by atoms with Crippen molar-refractivity contribution in [2.75, 3.05) is 20.6 Å². The normalized spacial score (nSPS) is 29.4. The highest BCUT2D eigenvalue weighted by molar-refractivity contribution is 5.95. The summed E-state index contributed by atoms with van der Waals surface area (Å²) in [7, 11) is 3.04. The van der Waals surface area contributed by atoms with Gasteiger partial charge in [0.15, 0.2) is 6.10 Å². The molecule has 12 heteroatoms. The van der Waals surface area contributed by atoms with Gasteiger partial charge in [-0.2, -0.15) is 0 Å². The lowest BCUT2D eigenvalue weighted by Crippen LogP contribution is -2.58. The van der Waals surface area contributed by atoms with Gasteiger partial charge in [0.05, 0.1) is 5.92 Å². The van der Waals surface area contributed by atoms with Gasteiger partial charge < -0.3 is 29.5 Å². The lowest BCUT2D eigenvalue weighted by molar-refractivity contribution is -0.172. The van der Waals surface area contributed by atoms with Crippen molar-refractivity contribution >= 4 is 35.6 Å². The van der Waals surface area contributed by atoms with Crippen molar-refractivity contribution in [3.8, 4) is 12.3 Å². The standard InChI is InChI=1S/C38H62N4O8/c1-13-16-17-20-28-26(10)33(43)39-29(22(4)5)35(45)40(11)30(23(6)7)37(47)50-32(25(9)15-3)36(46)42-21-18-19-27(42)34(44)41(12)31(24(8)14-2)38(48)49-28/h1,22-32H,14-21H2,2-12H3,(H,39,43)/t24-,25-,26-,27-,28+,29-,30-,31-,32-/m0/s1. The Balaban J connectivity index is 2.76. The third-order valence-electron chi connectivity index (χ3n) is 10.6. The van der Waals surface area contributed by atoms with Crippen LogP contribution >= 0.6 is 0 Å². The maximum atomic E-state index is 14.2. The van der Waals surface area contributed by atoms with E-state index in [9.17, 15) is 28.8 Å². The van der Waals surface area contributed by atoms with E-state index in [2.05, 4.69) is 11.2 Å². The second-order valence-electron chi connectivity index (χ2n) is 14.9. The summed E-state index contributed by atoms with van der Waals surface area (Å²) >= 11 is 0. The van der Waals surface area contributed by atoms with Crippen molar-refractivity contribution in [3.63, 3.8) is 0 Å². The topological polar surface area (TPSA) is 143 Å². The number of carbonyl (C=O) groups is 6. The minimum Gasteiger partial charge on any atom is -0.460 e. The van der Waals surface area contributed by atoms with Crippen LogP contribution in [-0.4, -0.2) is 107 Å². The summed E-state index contributed by atoms with van der Waals surface area (Å²) in [5.74, 6) is -3.04. The van der Waals surface area contributed by atoms with Crippen LogP contribution in [0, 0.1) is 41.9 Å². The van der Waals surface area contributed by atoms with E-state index in [0.29, 0.717) is 44.9 Å². The lowest BCUT2D eigenvalue weighted by atomic mass is 9.94. The van der Waals surface area contributed by atoms with Crippen molar-refractivity contribution in [1.82, 2.24) is 20.0 Å². The summed E-state index contributed by atoms with van der Waals surface area (Å²) in [6, 6.07) is -3.93. The number of carbonyl (C=O) groups excluding carboxylic acids is 6. The summed E-state index contributed by atoms with van der Waals surface area (Å²) < 4.78 is 12.1. The number of terminal acetylenes is 1. The molecule has 12 nitrogen and oxygen atoms in total. The van der Waals surface area contributed by atoms with Crippen molar-refractivity contribution in [1.29, 1.82) is 0 Å². The van der Waals surface area contributed by atoms with E-state index in [-0.39, 0.29) is 24.3 Å². The first-order chi connectivity index (χ1) is 23.4. The van der Waals surface area contributed by atoms with Crippen molar-refractivity contribution in [2.24, 2.45) is 29.6 Å². The molecular formula is C38H62N4O8. The molecule has 9 atom stereocenters. The molecule has 282 valence electrons. The Morgan fingerprint density at radius 1 is 0.820 bits per heavy atom. The van der Waals surface area contributed by atoms with E-state index in [0.717, 1.165) is 0 Å². The number of esters is 2. The Kier molecular flexibility index (Phi) is 16.3. The molecule has 2 fully saturated rings. The number of cyclic esters (lactones) is 2. The average Bonchev–Trinajstić information content (AvgIpc) is 3.56. The second-order valence-corrected chi connectivity index (χ2v) is 14.9. The van der Waals surface area contributed by atoms with Crippen molar-refractivity contribution in [2.45, 2.75) is 144 Å². The third kappa shape index (κ3) is 10.0. The van der Waals surface area contributed by atoms with Gasteiger partial charge in [-0.15, -0.1) is 12.3 Å². The van der Waals surface area contributed by atoms with E-state index in [1.165, 1.54) is 21.7 Å². The molecule has 2 rings (SSSR count). The highest BCUT2D eigenvalue weighted by atomic mass is 16.6. The Morgan fingerprint density at radius 3 is 1.94 bits per heavy atom. The van der Waals surface area contributed by atoms with E-state index >= 15 is 0 Å². The maximum absolute atomic E-state index is 14.2. The molecule has 0 unspecified atom stereocenters. The fourth-order valence-corrected chi connectivity index (χ4v) is 6.87. The number of nitrogens with one attached hydrogen (secondary N) is 1. The van der Waals surface area contributed by atoms with Gasteiger partial charge >= 0.3 is 11.9 Å². The van der Waals surface area contributed by atoms with Crippen LogP contribution in [0.5, 0.6) is 0 Å². The molecule has 1 N–H and O–H groups in total. The predicted molar refractivity (Wildman–Crippen MR) is 190 cm³/mol. The van der Waals surface area contributed by atoms with Gasteiger partial charge in [-0.3, -0.25) is 19.2 Å². The number of hydrogen-bond acceptors (Lipinski definition) is 8. The fraction of sp³-hybridized carbons (Fsp3) is 0.789. The largest absolute Gasteiger partial charge is 0.460 e. The molecule has 4 amide bonds. The van der Waals surface area contributed by atoms with Crippen LogP contribution in [0.1, 0.15) is 107 Å². The molecule has 0 bridgehead atoms. The zero-order valence-corrected chi connectivity index (χ0v) is 32.2. The summed E-state index contributed by atoms with van der Waals surface area (Å²) in [5.41, 5.74) is 0. The molecule has 0 aromatic heterocycles. The maximum Gasteiger partial charge on any atom is 0.329 e. The molecule has 0 aliphatic carbocycles. The van der Waals surface area contributed by atoms with Crippen LogP contribution in [0.15, 0.2) is 0 Å². The second kappa shape index (κ2) is 19.1. The number of amides is 4. The Hall–Kier alpha value is -3.62. The molecule has 0 saturated carbocycles. The first-order valence-corrected chi connectivity index (χ1v) is 18.4. The van der Waals surface area contributed by atoms with Crippen molar-refractivity contribution < 1.29 is 38.2 Å². The van der Waals surface area contributed by atoms with Crippen LogP contribution < -0.4 is 5.32 Å². The summed E-state index contributed by atoms with van der Waals surface area (Å²) in [6.45, 7) is 16.5. The quantitative estimate of drug-likeness (QED) is 0.217. The number of likely N-dealkylation sites (N-methyl/N-ethyl adjacent to an activating group) is 2. The van der Waals surface area contributed by atoms with Gasteiger partial charge in [-0.05, 0) is 49.9 Å². The molecular weight excluding hydrogens is 640 g/mol. The van der Waals surface area contributed by atoms with Gasteiger partial charge in [0, 0.05) is 33.0 Å². The highest BCUT2D eigenvalue weighted by Crippen LogP contribution is 2.28. The van der Waals surface area contributed by atoms with Gasteiger partial charge in [-0.1, -0.05) is 68.7 Å². The first kappa shape index (κ1) is 42.5. The van der Waals surface area contributed by atoms with E-state index in [1.807, 2.05) is 27.7 Å². The molecule has 2 heterocycles. The van der Waals surface area contributed by atoms with Gasteiger partial charge in [0.1, 0.15) is 30.3 Å². The van der Waals surface area contributed by atoms with Crippen molar-refractivity contribution in [3.05, 3.63) is 0 Å². The lowest BCUT2D eigenvalue weighted by Gasteiger charge is -2.37.